The van der Waals surface area contributed by atoms with Gasteiger partial charge in [0.2, 0.25) is 0 Å². The molecule has 2 aromatic rings. The van der Waals surface area contributed by atoms with Gasteiger partial charge in [0, 0.05) is 11.6 Å². The number of anilines is 1. The minimum Gasteiger partial charge on any atom is -0.405 e. The molecule has 0 saturated heterocycles. The lowest BCUT2D eigenvalue weighted by Gasteiger charge is -2.13. The highest BCUT2D eigenvalue weighted by molar-refractivity contribution is 6.05. The van der Waals surface area contributed by atoms with Gasteiger partial charge in [-0.25, -0.2) is 9.97 Å². The Kier molecular flexibility index (Phi) is 3.90. The van der Waals surface area contributed by atoms with E-state index in [0.29, 0.717) is 5.82 Å². The molecule has 1 heterocycles. The van der Waals surface area contributed by atoms with Crippen molar-refractivity contribution in [2.45, 2.75) is 31.5 Å². The Morgan fingerprint density at radius 3 is 2.62 bits per heavy atom. The van der Waals surface area contributed by atoms with Crippen molar-refractivity contribution in [3.63, 3.8) is 0 Å². The van der Waals surface area contributed by atoms with Gasteiger partial charge in [-0.05, 0) is 31.0 Å². The lowest BCUT2D eigenvalue weighted by molar-refractivity contribution is -0.274. The van der Waals surface area contributed by atoms with Crippen LogP contribution in [-0.4, -0.2) is 22.2 Å². The van der Waals surface area contributed by atoms with E-state index >= 15 is 0 Å². The lowest BCUT2D eigenvalue weighted by atomic mass is 10.1. The number of rotatable bonds is 4. The van der Waals surface area contributed by atoms with Crippen molar-refractivity contribution >= 4 is 11.7 Å². The first kappa shape index (κ1) is 16.2. The quantitative estimate of drug-likeness (QED) is 0.924. The Morgan fingerprint density at radius 2 is 1.96 bits per heavy atom. The molecule has 1 N–H and O–H groups in total. The largest absolute Gasteiger partial charge is 0.573 e. The molecule has 1 aliphatic rings. The Labute approximate surface area is 135 Å². The maximum atomic E-state index is 12.4. The summed E-state index contributed by atoms with van der Waals surface area (Å²) in [6.45, 7) is 2.01. The molecule has 1 saturated carbocycles. The molecular weight excluding hydrogens is 323 g/mol. The first-order valence-electron chi connectivity index (χ1n) is 7.26. The van der Waals surface area contributed by atoms with Crippen LogP contribution in [0.5, 0.6) is 5.75 Å². The van der Waals surface area contributed by atoms with E-state index in [-0.39, 0.29) is 16.8 Å². The molecule has 24 heavy (non-hydrogen) atoms. The van der Waals surface area contributed by atoms with E-state index in [1.807, 2.05) is 6.92 Å². The third-order valence-corrected chi connectivity index (χ3v) is 3.79. The number of nitrogens with zero attached hydrogens (tertiary/aromatic N) is 2. The van der Waals surface area contributed by atoms with Gasteiger partial charge in [0.05, 0.1) is 5.56 Å². The van der Waals surface area contributed by atoms with Crippen LogP contribution in [0, 0.1) is 0 Å². The molecule has 3 rings (SSSR count). The third-order valence-electron chi connectivity index (χ3n) is 3.79. The molecule has 5 nitrogen and oxygen atoms in total. The number of hydrogen-bond donors (Lipinski definition) is 1. The van der Waals surface area contributed by atoms with Crippen molar-refractivity contribution in [2.75, 3.05) is 5.32 Å². The Morgan fingerprint density at radius 1 is 1.25 bits per heavy atom. The summed E-state index contributed by atoms with van der Waals surface area (Å²) in [5, 5.41) is 2.49. The first-order chi connectivity index (χ1) is 11.3. The lowest BCUT2D eigenvalue weighted by Crippen LogP contribution is -2.21. The second kappa shape index (κ2) is 5.77. The first-order valence-corrected chi connectivity index (χ1v) is 7.26. The average Bonchev–Trinajstić information content (AvgIpc) is 3.25. The monoisotopic (exact) mass is 337 g/mol. The van der Waals surface area contributed by atoms with Crippen LogP contribution < -0.4 is 10.1 Å². The van der Waals surface area contributed by atoms with E-state index in [0.717, 1.165) is 18.9 Å². The normalized spacial score (nSPS) is 15.7. The van der Waals surface area contributed by atoms with Gasteiger partial charge < -0.3 is 10.1 Å². The molecule has 1 aromatic heterocycles. The molecule has 1 amide bonds. The van der Waals surface area contributed by atoms with Gasteiger partial charge in [-0.3, -0.25) is 4.79 Å². The molecule has 0 aliphatic heterocycles. The summed E-state index contributed by atoms with van der Waals surface area (Å²) in [6, 6.07) is 6.63. The molecule has 0 unspecified atom stereocenters. The van der Waals surface area contributed by atoms with Crippen molar-refractivity contribution in [2.24, 2.45) is 0 Å². The van der Waals surface area contributed by atoms with Crippen molar-refractivity contribution < 1.29 is 22.7 Å². The average molecular weight is 337 g/mol. The summed E-state index contributed by atoms with van der Waals surface area (Å²) in [7, 11) is 0. The number of carbonyl (C=O) groups is 1. The maximum absolute atomic E-state index is 12.4. The zero-order chi connectivity index (χ0) is 17.4. The second-order valence-corrected chi connectivity index (χ2v) is 5.82. The van der Waals surface area contributed by atoms with E-state index in [2.05, 4.69) is 20.0 Å². The van der Waals surface area contributed by atoms with E-state index in [1.165, 1.54) is 30.5 Å². The van der Waals surface area contributed by atoms with Gasteiger partial charge in [-0.15, -0.1) is 13.2 Å². The Hall–Kier alpha value is -2.64. The summed E-state index contributed by atoms with van der Waals surface area (Å²) >= 11 is 0. The molecule has 1 fully saturated rings. The number of halogens is 3. The van der Waals surface area contributed by atoms with Crippen LogP contribution in [0.4, 0.5) is 19.0 Å². The van der Waals surface area contributed by atoms with Crippen LogP contribution >= 0.6 is 0 Å². The van der Waals surface area contributed by atoms with Crippen molar-refractivity contribution in [1.82, 2.24) is 9.97 Å². The number of alkyl halides is 3. The highest BCUT2D eigenvalue weighted by Crippen LogP contribution is 2.45. The minimum atomic E-state index is -4.88. The minimum absolute atomic E-state index is 0.0853. The second-order valence-electron chi connectivity index (χ2n) is 5.82. The fourth-order valence-corrected chi connectivity index (χ4v) is 2.18. The predicted octanol–water partition coefficient (Wildman–Crippen LogP) is 3.68. The highest BCUT2D eigenvalue weighted by Gasteiger charge is 2.42. The van der Waals surface area contributed by atoms with Crippen LogP contribution in [0.25, 0.3) is 0 Å². The number of amides is 1. The fraction of sp³-hybridized carbons (Fsp3) is 0.312. The van der Waals surface area contributed by atoms with Gasteiger partial charge in [-0.1, -0.05) is 19.1 Å². The summed E-state index contributed by atoms with van der Waals surface area (Å²) in [5.41, 5.74) is -0.314. The zero-order valence-corrected chi connectivity index (χ0v) is 12.7. The number of aromatic nitrogens is 2. The summed E-state index contributed by atoms with van der Waals surface area (Å²) in [5.74, 6) is -0.452. The van der Waals surface area contributed by atoms with Crippen LogP contribution in [-0.2, 0) is 5.41 Å². The molecule has 0 atom stereocenters. The van der Waals surface area contributed by atoms with E-state index in [1.54, 1.807) is 0 Å². The number of para-hydroxylation sites is 1. The van der Waals surface area contributed by atoms with Crippen molar-refractivity contribution in [1.29, 1.82) is 0 Å². The molecule has 8 heteroatoms. The van der Waals surface area contributed by atoms with Crippen LogP contribution in [0.3, 0.4) is 0 Å². The van der Waals surface area contributed by atoms with Gasteiger partial charge in [0.15, 0.2) is 0 Å². The SMILES string of the molecule is CC1(c2nccc(NC(=O)c3ccccc3OC(F)(F)F)n2)CC1. The summed E-state index contributed by atoms with van der Waals surface area (Å²) in [6.07, 6.45) is -1.43. The Balaban J connectivity index is 1.81. The number of ether oxygens (including phenoxy) is 1. The maximum Gasteiger partial charge on any atom is 0.573 e. The molecule has 0 bridgehead atoms. The molecule has 0 spiro atoms. The van der Waals surface area contributed by atoms with Crippen molar-refractivity contribution in [3.05, 3.63) is 47.9 Å². The fourth-order valence-electron chi connectivity index (χ4n) is 2.18. The van der Waals surface area contributed by atoms with E-state index in [9.17, 15) is 18.0 Å². The van der Waals surface area contributed by atoms with E-state index < -0.39 is 18.0 Å². The highest BCUT2D eigenvalue weighted by atomic mass is 19.4. The number of benzene rings is 1. The van der Waals surface area contributed by atoms with Crippen LogP contribution in [0.15, 0.2) is 36.5 Å². The van der Waals surface area contributed by atoms with Gasteiger partial charge in [0.25, 0.3) is 5.91 Å². The topological polar surface area (TPSA) is 64.1 Å². The summed E-state index contributed by atoms with van der Waals surface area (Å²) in [4.78, 5) is 20.7. The molecule has 126 valence electrons. The van der Waals surface area contributed by atoms with E-state index in [4.69, 9.17) is 0 Å². The molecule has 1 aromatic carbocycles. The molecular formula is C16H14F3N3O2. The predicted molar refractivity (Wildman–Crippen MR) is 79.7 cm³/mol. The van der Waals surface area contributed by atoms with Gasteiger partial charge in [0.1, 0.15) is 17.4 Å². The number of nitrogens with one attached hydrogen (secondary N) is 1. The number of carbonyl (C=O) groups excluding carboxylic acids is 1. The van der Waals surface area contributed by atoms with Crippen LogP contribution in [0.1, 0.15) is 35.9 Å². The molecule has 1 aliphatic carbocycles. The Bertz CT molecular complexity index is 773. The van der Waals surface area contributed by atoms with Gasteiger partial charge >= 0.3 is 6.36 Å². The standard InChI is InChI=1S/C16H14F3N3O2/c1-15(7-8-15)14-20-9-6-12(22-14)21-13(23)10-4-2-3-5-11(10)24-16(17,18)19/h2-6,9H,7-8H2,1H3,(H,20,21,22,23). The van der Waals surface area contributed by atoms with Crippen LogP contribution in [0.2, 0.25) is 0 Å². The number of hydrogen-bond acceptors (Lipinski definition) is 4. The third kappa shape index (κ3) is 3.64. The smallest absolute Gasteiger partial charge is 0.405 e. The zero-order valence-electron chi connectivity index (χ0n) is 12.7. The van der Waals surface area contributed by atoms with Crippen molar-refractivity contribution in [3.8, 4) is 5.75 Å². The summed E-state index contributed by atoms with van der Waals surface area (Å²) < 4.78 is 41.2. The molecule has 0 radical (unpaired) electrons. The van der Waals surface area contributed by atoms with Gasteiger partial charge in [-0.2, -0.15) is 0 Å².